The van der Waals surface area contributed by atoms with Gasteiger partial charge in [-0.05, 0) is 44.6 Å². The van der Waals surface area contributed by atoms with Crippen LogP contribution in [0.3, 0.4) is 0 Å². The van der Waals surface area contributed by atoms with Crippen molar-refractivity contribution in [3.05, 3.63) is 23.5 Å². The van der Waals surface area contributed by atoms with E-state index in [9.17, 15) is 24.0 Å². The van der Waals surface area contributed by atoms with Gasteiger partial charge in [0.15, 0.2) is 0 Å². The Labute approximate surface area is 226 Å². The van der Waals surface area contributed by atoms with Crippen LogP contribution in [0, 0.1) is 18.3 Å². The van der Waals surface area contributed by atoms with Crippen molar-refractivity contribution in [2.45, 2.75) is 64.0 Å². The van der Waals surface area contributed by atoms with Crippen molar-refractivity contribution in [3.63, 3.8) is 0 Å². The molecule has 13 heteroatoms. The molecule has 1 atom stereocenters. The number of carboxylic acids is 2. The van der Waals surface area contributed by atoms with Crippen LogP contribution in [-0.4, -0.2) is 88.4 Å². The summed E-state index contributed by atoms with van der Waals surface area (Å²) < 4.78 is 10.8. The quantitative estimate of drug-likeness (QED) is 0.213. The highest BCUT2D eigenvalue weighted by Crippen LogP contribution is 2.24. The second-order valence-corrected chi connectivity index (χ2v) is 8.37. The summed E-state index contributed by atoms with van der Waals surface area (Å²) in [7, 11) is 2.66. The van der Waals surface area contributed by atoms with Crippen LogP contribution >= 0.6 is 0 Å². The number of nitrogens with zero attached hydrogens (tertiary/aromatic N) is 2. The number of amides is 1. The van der Waals surface area contributed by atoms with Crippen molar-refractivity contribution in [2.24, 2.45) is 5.92 Å². The van der Waals surface area contributed by atoms with E-state index in [1.165, 1.54) is 19.1 Å². The zero-order chi connectivity index (χ0) is 29.8. The lowest BCUT2D eigenvalue weighted by molar-refractivity contribution is -0.144. The molecule has 1 saturated carbocycles. The van der Waals surface area contributed by atoms with Crippen molar-refractivity contribution in [1.29, 1.82) is 0 Å². The summed E-state index contributed by atoms with van der Waals surface area (Å²) in [5.74, 6) is -0.619. The Morgan fingerprint density at radius 2 is 1.59 bits per heavy atom. The van der Waals surface area contributed by atoms with Crippen molar-refractivity contribution in [1.82, 2.24) is 9.47 Å². The van der Waals surface area contributed by atoms with Gasteiger partial charge in [-0.3, -0.25) is 14.4 Å². The number of aliphatic carboxylic acids is 2. The molecule has 0 spiro atoms. The number of esters is 2. The lowest BCUT2D eigenvalue weighted by Crippen LogP contribution is -2.34. The van der Waals surface area contributed by atoms with E-state index in [0.717, 1.165) is 62.7 Å². The minimum absolute atomic E-state index is 0.0185. The molecule has 2 fully saturated rings. The Kier molecular flexibility index (Phi) is 17.5. The third kappa shape index (κ3) is 12.6. The zero-order valence-corrected chi connectivity index (χ0v) is 22.1. The van der Waals surface area contributed by atoms with Gasteiger partial charge in [0.25, 0.3) is 6.47 Å². The van der Waals surface area contributed by atoms with Crippen LogP contribution in [0.2, 0.25) is 0 Å². The van der Waals surface area contributed by atoms with Crippen molar-refractivity contribution >= 4 is 36.8 Å². The largest absolute Gasteiger partial charge is 0.483 e. The third-order valence-corrected chi connectivity index (χ3v) is 6.02. The minimum Gasteiger partial charge on any atom is -0.483 e. The Balaban J connectivity index is 0.000000491. The molecule has 1 aromatic heterocycles. The Bertz CT molecular complexity index is 991. The highest BCUT2D eigenvalue weighted by molar-refractivity contribution is 5.90. The highest BCUT2D eigenvalue weighted by atomic mass is 16.5. The number of hydrogen-bond acceptors (Lipinski definition) is 8. The first-order valence-electron chi connectivity index (χ1n) is 12.2. The van der Waals surface area contributed by atoms with Crippen LogP contribution in [0.25, 0.3) is 0 Å². The second kappa shape index (κ2) is 19.7. The fourth-order valence-electron chi connectivity index (χ4n) is 4.12. The molecule has 0 radical (unpaired) electrons. The summed E-state index contributed by atoms with van der Waals surface area (Å²) >= 11 is 0. The summed E-state index contributed by atoms with van der Waals surface area (Å²) in [6.07, 6.45) is 14.7. The van der Waals surface area contributed by atoms with Gasteiger partial charge in [0, 0.05) is 30.9 Å². The molecule has 1 saturated heterocycles. The number of methoxy groups -OCH3 is 2. The molecule has 1 amide bonds. The van der Waals surface area contributed by atoms with Gasteiger partial charge in [0.1, 0.15) is 6.04 Å². The van der Waals surface area contributed by atoms with Crippen LogP contribution in [0.4, 0.5) is 0 Å². The molecular weight excluding hydrogens is 516 g/mol. The molecule has 216 valence electrons. The molecule has 4 rings (SSSR count). The van der Waals surface area contributed by atoms with Crippen molar-refractivity contribution in [2.75, 3.05) is 20.8 Å². The predicted molar refractivity (Wildman–Crippen MR) is 137 cm³/mol. The van der Waals surface area contributed by atoms with Gasteiger partial charge in [-0.1, -0.05) is 12.8 Å². The molecule has 1 aromatic rings. The Morgan fingerprint density at radius 3 is 1.97 bits per heavy atom. The Hall–Kier alpha value is -4.34. The number of hydrogen-bond donors (Lipinski definition) is 3. The summed E-state index contributed by atoms with van der Waals surface area (Å²) in [6.45, 7) is 1.37. The number of fused-ring (bicyclic) bond motifs is 1. The molecule has 3 N–H and O–H groups in total. The van der Waals surface area contributed by atoms with E-state index in [1.54, 1.807) is 5.92 Å². The first kappa shape index (κ1) is 34.7. The highest BCUT2D eigenvalue weighted by Gasteiger charge is 2.28. The molecule has 0 bridgehead atoms. The van der Waals surface area contributed by atoms with E-state index in [2.05, 4.69) is 20.5 Å². The molecule has 13 nitrogen and oxygen atoms in total. The number of likely N-dealkylation sites (tertiary alicyclic amines) is 1. The first-order chi connectivity index (χ1) is 18.6. The van der Waals surface area contributed by atoms with Gasteiger partial charge in [0.05, 0.1) is 25.7 Å². The average Bonchev–Trinajstić information content (AvgIpc) is 3.74. The molecule has 1 unspecified atom stereocenters. The fraction of sp³-hybridized carbons (Fsp3) is 0.538. The van der Waals surface area contributed by atoms with Crippen LogP contribution in [0.5, 0.6) is 0 Å². The SMILES string of the molecule is C#CC(=O)OC.COC(=O)c1ccn2c1CCC2.O=C(O)C1CCCC1.O=CN1CCCC1C(=O)O.O=CO. The van der Waals surface area contributed by atoms with Crippen LogP contribution in [0.15, 0.2) is 12.3 Å². The maximum Gasteiger partial charge on any atom is 0.383 e. The molecule has 3 aliphatic rings. The number of carbonyl (C=O) groups excluding carboxylic acids is 3. The topological polar surface area (TPSA) is 190 Å². The van der Waals surface area contributed by atoms with Crippen molar-refractivity contribution in [3.8, 4) is 12.3 Å². The predicted octanol–water partition coefficient (Wildman–Crippen LogP) is 1.67. The van der Waals surface area contributed by atoms with E-state index in [0.29, 0.717) is 19.4 Å². The van der Waals surface area contributed by atoms with Gasteiger partial charge < -0.3 is 34.3 Å². The monoisotopic (exact) mass is 552 g/mol. The summed E-state index contributed by atoms with van der Waals surface area (Å²) in [5.41, 5.74) is 1.86. The number of aryl methyl sites for hydroxylation is 1. The van der Waals surface area contributed by atoms with Crippen LogP contribution < -0.4 is 0 Å². The van der Waals surface area contributed by atoms with Gasteiger partial charge >= 0.3 is 23.9 Å². The Morgan fingerprint density at radius 1 is 0.974 bits per heavy atom. The van der Waals surface area contributed by atoms with Gasteiger partial charge in [-0.25, -0.2) is 14.4 Å². The lowest BCUT2D eigenvalue weighted by Gasteiger charge is -2.14. The molecule has 0 aromatic carbocycles. The third-order valence-electron chi connectivity index (χ3n) is 6.02. The van der Waals surface area contributed by atoms with E-state index < -0.39 is 23.9 Å². The number of terminal acetylenes is 1. The average molecular weight is 553 g/mol. The molecule has 3 heterocycles. The molecule has 2 aliphatic heterocycles. The normalized spacial score (nSPS) is 16.4. The maximum atomic E-state index is 11.2. The number of ether oxygens (including phenoxy) is 2. The van der Waals surface area contributed by atoms with E-state index in [1.807, 2.05) is 12.3 Å². The van der Waals surface area contributed by atoms with E-state index in [-0.39, 0.29) is 18.4 Å². The van der Waals surface area contributed by atoms with Crippen LogP contribution in [0.1, 0.15) is 61.0 Å². The van der Waals surface area contributed by atoms with Gasteiger partial charge in [-0.2, -0.15) is 0 Å². The van der Waals surface area contributed by atoms with Gasteiger partial charge in [-0.15, -0.1) is 6.42 Å². The summed E-state index contributed by atoms with van der Waals surface area (Å²) in [6, 6.07) is 1.26. The number of rotatable bonds is 4. The minimum atomic E-state index is -0.899. The molecular formula is C26H36N2O11. The molecule has 1 aliphatic carbocycles. The van der Waals surface area contributed by atoms with E-state index in [4.69, 9.17) is 20.1 Å². The smallest absolute Gasteiger partial charge is 0.383 e. The summed E-state index contributed by atoms with van der Waals surface area (Å²) in [4.78, 5) is 61.4. The first-order valence-corrected chi connectivity index (χ1v) is 12.2. The van der Waals surface area contributed by atoms with Crippen molar-refractivity contribution < 1.29 is 53.6 Å². The summed E-state index contributed by atoms with van der Waals surface area (Å²) in [5, 5.41) is 23.8. The van der Waals surface area contributed by atoms with E-state index >= 15 is 0 Å². The number of aromatic nitrogens is 1. The van der Waals surface area contributed by atoms with Crippen LogP contribution in [-0.2, 0) is 46.4 Å². The number of carbonyl (C=O) groups is 6. The molecule has 39 heavy (non-hydrogen) atoms. The zero-order valence-electron chi connectivity index (χ0n) is 22.1. The van der Waals surface area contributed by atoms with Gasteiger partial charge in [0.2, 0.25) is 6.41 Å². The lowest BCUT2D eigenvalue weighted by atomic mass is 10.1. The number of carboxylic acid groups (broad SMARTS) is 3. The maximum absolute atomic E-state index is 11.2. The standard InChI is InChI=1S/C9H11NO2.C6H9NO3.C6H10O2.C4H4O2.CH2O2/c1-12-9(11)7-4-6-10-5-2-3-8(7)10;8-4-7-3-1-2-5(7)6(9)10;7-6(8)5-3-1-2-4-5;1-3-4(5)6-2;2-1-3/h4,6H,2-3,5H2,1H3;4-5H,1-3H2,(H,9,10);5H,1-4H2,(H,7,8);1H,2H3;1H,(H,2,3). The fourth-order valence-corrected chi connectivity index (χ4v) is 4.12. The second-order valence-electron chi connectivity index (χ2n) is 8.37.